The van der Waals surface area contributed by atoms with Gasteiger partial charge in [-0.1, -0.05) is 26.0 Å². The summed E-state index contributed by atoms with van der Waals surface area (Å²) in [5.41, 5.74) is 8.06. The second-order valence-corrected chi connectivity index (χ2v) is 9.03. The van der Waals surface area contributed by atoms with Gasteiger partial charge in [-0.2, -0.15) is 5.10 Å². The smallest absolute Gasteiger partial charge is 0.271 e. The van der Waals surface area contributed by atoms with E-state index in [-0.39, 0.29) is 11.4 Å². The van der Waals surface area contributed by atoms with E-state index in [1.165, 1.54) is 11.3 Å². The third-order valence-corrected chi connectivity index (χ3v) is 5.86. The Morgan fingerprint density at radius 2 is 2.03 bits per heavy atom. The molecule has 2 aromatic carbocycles. The number of benzene rings is 2. The lowest BCUT2D eigenvalue weighted by Gasteiger charge is -2.47. The van der Waals surface area contributed by atoms with E-state index < -0.39 is 0 Å². The number of fused-ring (bicyclic) bond motifs is 1. The number of hydrogen-bond donors (Lipinski definition) is 1. The molecule has 1 unspecified atom stereocenters. The summed E-state index contributed by atoms with van der Waals surface area (Å²) in [5, 5.41) is 4.20. The van der Waals surface area contributed by atoms with Crippen LogP contribution in [0, 0.1) is 0 Å². The van der Waals surface area contributed by atoms with Crippen LogP contribution in [0.1, 0.15) is 67.9 Å². The zero-order valence-electron chi connectivity index (χ0n) is 19.1. The lowest BCUT2D eigenvalue weighted by molar-refractivity contribution is 0.0955. The first-order valence-corrected chi connectivity index (χ1v) is 10.8. The second-order valence-electron chi connectivity index (χ2n) is 9.03. The van der Waals surface area contributed by atoms with E-state index in [2.05, 4.69) is 61.3 Å². The number of anilines is 2. The molecule has 0 saturated carbocycles. The summed E-state index contributed by atoms with van der Waals surface area (Å²) in [4.78, 5) is 16.9. The number of nitrogens with one attached hydrogen (secondary N) is 1. The Hall–Kier alpha value is -2.82. The third kappa shape index (κ3) is 4.66. The van der Waals surface area contributed by atoms with Gasteiger partial charge in [0.15, 0.2) is 0 Å². The summed E-state index contributed by atoms with van der Waals surface area (Å²) >= 11 is 0. The van der Waals surface area contributed by atoms with E-state index in [0.29, 0.717) is 11.5 Å². The molecule has 160 valence electrons. The number of amides is 1. The van der Waals surface area contributed by atoms with Gasteiger partial charge in [-0.05, 0) is 74.1 Å². The topological polar surface area (TPSA) is 47.9 Å². The Morgan fingerprint density at radius 3 is 2.73 bits per heavy atom. The molecule has 0 radical (unpaired) electrons. The van der Waals surface area contributed by atoms with Crippen LogP contribution in [0.5, 0.6) is 0 Å². The lowest BCUT2D eigenvalue weighted by atomic mass is 9.79. The molecule has 0 spiro atoms. The summed E-state index contributed by atoms with van der Waals surface area (Å²) in [5.74, 6) is 0.275. The lowest BCUT2D eigenvalue weighted by Crippen LogP contribution is -2.48. The fraction of sp³-hybridized carbons (Fsp3) is 0.440. The minimum absolute atomic E-state index is 0.160. The number of carbonyl (C=O) groups excluding carboxylic acids is 1. The predicted octanol–water partition coefficient (Wildman–Crippen LogP) is 5.02. The summed E-state index contributed by atoms with van der Waals surface area (Å²) < 4.78 is 0. The van der Waals surface area contributed by atoms with Crippen LogP contribution in [0.3, 0.4) is 0 Å². The van der Waals surface area contributed by atoms with Crippen LogP contribution in [0.2, 0.25) is 0 Å². The molecule has 1 aliphatic rings. The van der Waals surface area contributed by atoms with Crippen molar-refractivity contribution in [1.82, 2.24) is 5.43 Å². The molecule has 1 heterocycles. The highest BCUT2D eigenvalue weighted by molar-refractivity contribution is 5.95. The van der Waals surface area contributed by atoms with E-state index in [1.807, 2.05) is 37.2 Å². The number of hydrogen-bond acceptors (Lipinski definition) is 4. The van der Waals surface area contributed by atoms with E-state index in [9.17, 15) is 4.79 Å². The Labute approximate surface area is 180 Å². The van der Waals surface area contributed by atoms with E-state index >= 15 is 0 Å². The molecule has 0 aliphatic carbocycles. The van der Waals surface area contributed by atoms with Crippen molar-refractivity contribution < 1.29 is 4.79 Å². The molecule has 3 rings (SSSR count). The van der Waals surface area contributed by atoms with Gasteiger partial charge in [-0.15, -0.1) is 0 Å². The van der Waals surface area contributed by atoms with E-state index in [4.69, 9.17) is 0 Å². The van der Waals surface area contributed by atoms with Crippen molar-refractivity contribution in [1.29, 1.82) is 0 Å². The molecule has 0 fully saturated rings. The molecular formula is C25H34N4O. The molecular weight excluding hydrogens is 372 g/mol. The largest absolute Gasteiger partial charge is 0.378 e. The monoisotopic (exact) mass is 406 g/mol. The minimum Gasteiger partial charge on any atom is -0.378 e. The van der Waals surface area contributed by atoms with Gasteiger partial charge < -0.3 is 9.80 Å². The van der Waals surface area contributed by atoms with Crippen molar-refractivity contribution in [2.24, 2.45) is 5.10 Å². The van der Waals surface area contributed by atoms with Crippen molar-refractivity contribution in [2.45, 2.75) is 52.0 Å². The van der Waals surface area contributed by atoms with Crippen molar-refractivity contribution in [3.05, 3.63) is 59.2 Å². The van der Waals surface area contributed by atoms with Crippen LogP contribution < -0.4 is 15.2 Å². The Balaban J connectivity index is 1.75. The molecule has 1 N–H and O–H groups in total. The molecule has 30 heavy (non-hydrogen) atoms. The van der Waals surface area contributed by atoms with Crippen molar-refractivity contribution in [2.75, 3.05) is 30.4 Å². The molecule has 0 saturated heterocycles. The molecule has 1 aliphatic heterocycles. The number of carbonyl (C=O) groups is 1. The number of rotatable bonds is 6. The fourth-order valence-corrected chi connectivity index (χ4v) is 4.39. The third-order valence-electron chi connectivity index (χ3n) is 5.86. The van der Waals surface area contributed by atoms with E-state index in [1.54, 1.807) is 12.3 Å². The van der Waals surface area contributed by atoms with Gasteiger partial charge >= 0.3 is 0 Å². The first-order chi connectivity index (χ1) is 14.2. The minimum atomic E-state index is -0.211. The van der Waals surface area contributed by atoms with Gasteiger partial charge in [-0.3, -0.25) is 4.79 Å². The molecule has 1 amide bonds. The molecule has 5 nitrogen and oxygen atoms in total. The van der Waals surface area contributed by atoms with Crippen molar-refractivity contribution in [3.8, 4) is 0 Å². The predicted molar refractivity (Wildman–Crippen MR) is 127 cm³/mol. The first kappa shape index (κ1) is 21.9. The second kappa shape index (κ2) is 8.90. The van der Waals surface area contributed by atoms with Gasteiger partial charge in [0.2, 0.25) is 0 Å². The van der Waals surface area contributed by atoms with Crippen LogP contribution in [0.4, 0.5) is 11.4 Å². The number of hydrazone groups is 1. The highest BCUT2D eigenvalue weighted by Crippen LogP contribution is 2.43. The van der Waals surface area contributed by atoms with Crippen molar-refractivity contribution in [3.63, 3.8) is 0 Å². The van der Waals surface area contributed by atoms with Crippen LogP contribution in [0.25, 0.3) is 0 Å². The summed E-state index contributed by atoms with van der Waals surface area (Å²) in [6.07, 6.45) is 3.98. The Morgan fingerprint density at radius 1 is 1.27 bits per heavy atom. The van der Waals surface area contributed by atoms with Crippen LogP contribution >= 0.6 is 0 Å². The molecule has 1 atom stereocenters. The van der Waals surface area contributed by atoms with Crippen molar-refractivity contribution >= 4 is 23.5 Å². The Kier molecular flexibility index (Phi) is 6.49. The molecule has 5 heteroatoms. The average Bonchev–Trinajstić information content (AvgIpc) is 2.71. The molecule has 0 aromatic heterocycles. The first-order valence-electron chi connectivity index (χ1n) is 10.8. The van der Waals surface area contributed by atoms with Gasteiger partial charge in [-0.25, -0.2) is 5.43 Å². The quantitative estimate of drug-likeness (QED) is 0.541. The van der Waals surface area contributed by atoms with Gasteiger partial charge in [0.25, 0.3) is 5.91 Å². The van der Waals surface area contributed by atoms with Gasteiger partial charge in [0, 0.05) is 43.1 Å². The normalized spacial score (nSPS) is 17.7. The zero-order valence-corrected chi connectivity index (χ0v) is 19.1. The summed E-state index contributed by atoms with van der Waals surface area (Å²) in [7, 11) is 3.91. The molecule has 2 aromatic rings. The average molecular weight is 407 g/mol. The Bertz CT molecular complexity index is 932. The summed E-state index contributed by atoms with van der Waals surface area (Å²) in [6, 6.07) is 14.0. The molecule has 0 bridgehead atoms. The van der Waals surface area contributed by atoms with E-state index in [0.717, 1.165) is 30.6 Å². The zero-order chi connectivity index (χ0) is 21.9. The highest BCUT2D eigenvalue weighted by Gasteiger charge is 2.35. The van der Waals surface area contributed by atoms with Crippen LogP contribution in [-0.2, 0) is 0 Å². The standard InChI is InChI=1S/C25H34N4O/c1-7-13-29-23-12-11-19(14-22(23)18(2)16-25(29,3)4)17-26-27-24(30)20-9-8-10-21(15-20)28(5)6/h8-12,14-15,17-18H,7,13,16H2,1-6H3,(H,27,30)/b26-17-. The maximum absolute atomic E-state index is 12.4. The SMILES string of the molecule is CCCN1c2ccc(/C=N\NC(=O)c3cccc(N(C)C)c3)cc2C(C)CC1(C)C. The van der Waals surface area contributed by atoms with Crippen LogP contribution in [-0.4, -0.2) is 38.3 Å². The number of nitrogens with zero attached hydrogens (tertiary/aromatic N) is 3. The van der Waals surface area contributed by atoms with Gasteiger partial charge in [0.1, 0.15) is 0 Å². The summed E-state index contributed by atoms with van der Waals surface area (Å²) in [6.45, 7) is 10.2. The van der Waals surface area contributed by atoms with Gasteiger partial charge in [0.05, 0.1) is 6.21 Å². The fourth-order valence-electron chi connectivity index (χ4n) is 4.39. The van der Waals surface area contributed by atoms with Crippen LogP contribution in [0.15, 0.2) is 47.6 Å². The maximum Gasteiger partial charge on any atom is 0.271 e. The highest BCUT2D eigenvalue weighted by atomic mass is 16.2. The maximum atomic E-state index is 12.4.